The Bertz CT molecular complexity index is 2980. The summed E-state index contributed by atoms with van der Waals surface area (Å²) in [5.74, 6) is 1.66. The predicted octanol–water partition coefficient (Wildman–Crippen LogP) is 5.04. The molecule has 0 spiro atoms. The first kappa shape index (κ1) is 37.8. The van der Waals surface area contributed by atoms with Crippen molar-refractivity contribution in [1.29, 1.82) is 0 Å². The van der Waals surface area contributed by atoms with Crippen LogP contribution in [0.15, 0.2) is 119 Å². The van der Waals surface area contributed by atoms with Gasteiger partial charge in [-0.2, -0.15) is 10.2 Å². The van der Waals surface area contributed by atoms with Crippen LogP contribution in [0.2, 0.25) is 0 Å². The van der Waals surface area contributed by atoms with Crippen LogP contribution < -0.4 is 37.3 Å². The molecular formula is C45H42N14O2. The van der Waals surface area contributed by atoms with Gasteiger partial charge in [-0.1, -0.05) is 54.6 Å². The number of rotatable bonds is 10. The topological polar surface area (TPSA) is 198 Å². The van der Waals surface area contributed by atoms with E-state index in [4.69, 9.17) is 15.0 Å². The molecule has 10 rings (SSSR count). The molecule has 4 aromatic carbocycles. The van der Waals surface area contributed by atoms with Crippen molar-refractivity contribution < 1.29 is 0 Å². The van der Waals surface area contributed by atoms with Gasteiger partial charge in [-0.25, -0.2) is 30.1 Å². The Morgan fingerprint density at radius 2 is 1.13 bits per heavy atom. The number of nitrogens with one attached hydrogen (secondary N) is 6. The molecule has 2 saturated heterocycles. The molecule has 0 aliphatic carbocycles. The van der Waals surface area contributed by atoms with Crippen molar-refractivity contribution in [2.75, 3.05) is 67.9 Å². The number of anilines is 5. The van der Waals surface area contributed by atoms with Gasteiger partial charge in [-0.3, -0.25) is 14.5 Å². The summed E-state index contributed by atoms with van der Waals surface area (Å²) in [5.41, 5.74) is 7.38. The van der Waals surface area contributed by atoms with Crippen molar-refractivity contribution in [2.45, 2.75) is 6.54 Å². The number of fused-ring (bicyclic) bond motifs is 2. The molecule has 6 heterocycles. The Morgan fingerprint density at radius 3 is 1.80 bits per heavy atom. The van der Waals surface area contributed by atoms with Crippen molar-refractivity contribution in [1.82, 2.24) is 55.9 Å². The zero-order valence-electron chi connectivity index (χ0n) is 33.2. The number of aromatic amines is 2. The van der Waals surface area contributed by atoms with E-state index in [1.807, 2.05) is 60.7 Å². The first-order valence-corrected chi connectivity index (χ1v) is 20.4. The summed E-state index contributed by atoms with van der Waals surface area (Å²) in [5, 5.41) is 27.5. The number of hydrogen-bond acceptors (Lipinski definition) is 14. The SMILES string of the molecule is O=c1[nH]ncc2nc(-c3ccccc3)nc(Nc3ccc(CN4CCNCC4)c(-c4cccc(-c5nc(Nc6ccc(N7CCNCC7)cc6)c6c(=O)[nH]ncc6n5)c4)c3)c12. The molecule has 16 heteroatoms. The minimum Gasteiger partial charge on any atom is -0.369 e. The minimum absolute atomic E-state index is 0.310. The fourth-order valence-electron chi connectivity index (χ4n) is 7.98. The number of piperazine rings is 2. The molecule has 0 unspecified atom stereocenters. The maximum absolute atomic E-state index is 13.2. The van der Waals surface area contributed by atoms with Crippen molar-refractivity contribution >= 4 is 50.5 Å². The quantitative estimate of drug-likeness (QED) is 0.107. The van der Waals surface area contributed by atoms with E-state index in [2.05, 4.69) is 92.8 Å². The average molecular weight is 811 g/mol. The lowest BCUT2D eigenvalue weighted by Gasteiger charge is -2.29. The van der Waals surface area contributed by atoms with Crippen LogP contribution >= 0.6 is 0 Å². The standard InChI is InChI=1S/C45H42N14O2/c60-44-38-37(26-49-56-44)53-41(55-42(38)50-32-11-13-34(14-12-32)59-21-17-47-18-22-59)30-8-4-7-29(23-30)35-24-33(10-9-31(35)27-58-19-15-46-16-20-58)51-43-39-36(25-48-57-45(39)61)52-40(54-43)28-5-2-1-3-6-28/h1-14,23-26,46-47H,15-22,27H2,(H,56,60)(H,57,61)(H,50,53,55)(H,51,52,54). The van der Waals surface area contributed by atoms with Gasteiger partial charge in [0.2, 0.25) is 0 Å². The molecule has 0 saturated carbocycles. The molecule has 4 aromatic heterocycles. The average Bonchev–Trinajstić information content (AvgIpc) is 3.30. The number of benzene rings is 4. The van der Waals surface area contributed by atoms with E-state index in [1.54, 1.807) is 6.20 Å². The van der Waals surface area contributed by atoms with Gasteiger partial charge in [0, 0.05) is 87.1 Å². The number of nitrogens with zero attached hydrogens (tertiary/aromatic N) is 8. The molecule has 304 valence electrons. The number of aromatic nitrogens is 8. The van der Waals surface area contributed by atoms with E-state index in [9.17, 15) is 9.59 Å². The molecule has 6 N–H and O–H groups in total. The molecule has 8 aromatic rings. The summed E-state index contributed by atoms with van der Waals surface area (Å²) in [6.45, 7) is 8.23. The van der Waals surface area contributed by atoms with Crippen LogP contribution in [0.4, 0.5) is 28.7 Å². The van der Waals surface area contributed by atoms with E-state index >= 15 is 0 Å². The van der Waals surface area contributed by atoms with Gasteiger partial charge in [0.05, 0.1) is 12.4 Å². The van der Waals surface area contributed by atoms with Crippen LogP contribution in [0.1, 0.15) is 5.56 Å². The van der Waals surface area contributed by atoms with Crippen LogP contribution in [0.5, 0.6) is 0 Å². The summed E-state index contributed by atoms with van der Waals surface area (Å²) in [4.78, 5) is 50.5. The van der Waals surface area contributed by atoms with Gasteiger partial charge in [0.1, 0.15) is 33.4 Å². The maximum atomic E-state index is 13.2. The number of hydrogen-bond donors (Lipinski definition) is 6. The Balaban J connectivity index is 1.03. The van der Waals surface area contributed by atoms with Gasteiger partial charge in [0.15, 0.2) is 11.6 Å². The van der Waals surface area contributed by atoms with E-state index in [1.165, 1.54) is 6.20 Å². The fourth-order valence-corrected chi connectivity index (χ4v) is 7.98. The first-order valence-electron chi connectivity index (χ1n) is 20.4. The van der Waals surface area contributed by atoms with Gasteiger partial charge in [-0.05, 0) is 59.2 Å². The minimum atomic E-state index is -0.392. The van der Waals surface area contributed by atoms with Gasteiger partial charge in [0.25, 0.3) is 11.1 Å². The summed E-state index contributed by atoms with van der Waals surface area (Å²) in [6, 6.07) is 32.1. The monoisotopic (exact) mass is 810 g/mol. The second kappa shape index (κ2) is 16.7. The molecule has 0 atom stereocenters. The molecule has 0 radical (unpaired) electrons. The zero-order valence-corrected chi connectivity index (χ0v) is 33.2. The van der Waals surface area contributed by atoms with Gasteiger partial charge in [-0.15, -0.1) is 0 Å². The van der Waals surface area contributed by atoms with E-state index in [0.717, 1.165) is 104 Å². The molecule has 0 bridgehead atoms. The first-order chi connectivity index (χ1) is 30.0. The summed E-state index contributed by atoms with van der Waals surface area (Å²) < 4.78 is 0. The lowest BCUT2D eigenvalue weighted by molar-refractivity contribution is 0.233. The summed E-state index contributed by atoms with van der Waals surface area (Å²) in [6.07, 6.45) is 3.09. The lowest BCUT2D eigenvalue weighted by Crippen LogP contribution is -2.43. The highest BCUT2D eigenvalue weighted by Crippen LogP contribution is 2.34. The highest BCUT2D eigenvalue weighted by atomic mass is 16.1. The fraction of sp³-hybridized carbons (Fsp3) is 0.200. The van der Waals surface area contributed by atoms with Crippen LogP contribution in [-0.2, 0) is 6.54 Å². The Morgan fingerprint density at radius 1 is 0.557 bits per heavy atom. The molecule has 2 aliphatic heterocycles. The molecular weight excluding hydrogens is 769 g/mol. The van der Waals surface area contributed by atoms with Crippen molar-refractivity contribution in [2.24, 2.45) is 0 Å². The Hall–Kier alpha value is -7.40. The molecule has 2 fully saturated rings. The second-order valence-electron chi connectivity index (χ2n) is 15.1. The third kappa shape index (κ3) is 8.02. The third-order valence-corrected chi connectivity index (χ3v) is 11.1. The molecule has 61 heavy (non-hydrogen) atoms. The summed E-state index contributed by atoms with van der Waals surface area (Å²) >= 11 is 0. The van der Waals surface area contributed by atoms with Gasteiger partial charge < -0.3 is 26.2 Å². The number of H-pyrrole nitrogens is 2. The van der Waals surface area contributed by atoms with E-state index < -0.39 is 5.56 Å². The lowest BCUT2D eigenvalue weighted by atomic mass is 9.96. The second-order valence-corrected chi connectivity index (χ2v) is 15.1. The van der Waals surface area contributed by atoms with E-state index in [0.29, 0.717) is 45.1 Å². The Kier molecular flexibility index (Phi) is 10.4. The summed E-state index contributed by atoms with van der Waals surface area (Å²) in [7, 11) is 0. The highest BCUT2D eigenvalue weighted by Gasteiger charge is 2.19. The van der Waals surface area contributed by atoms with Crippen molar-refractivity contribution in [3.8, 4) is 33.9 Å². The van der Waals surface area contributed by atoms with Crippen LogP contribution in [0, 0.1) is 0 Å². The van der Waals surface area contributed by atoms with Crippen molar-refractivity contribution in [3.63, 3.8) is 0 Å². The maximum Gasteiger partial charge on any atom is 0.277 e. The Labute approximate surface area is 349 Å². The van der Waals surface area contributed by atoms with Gasteiger partial charge >= 0.3 is 0 Å². The zero-order chi connectivity index (χ0) is 41.1. The highest BCUT2D eigenvalue weighted by molar-refractivity contribution is 5.93. The normalized spacial score (nSPS) is 14.7. The van der Waals surface area contributed by atoms with Crippen LogP contribution in [-0.4, -0.2) is 97.6 Å². The third-order valence-electron chi connectivity index (χ3n) is 11.1. The molecule has 0 amide bonds. The van der Waals surface area contributed by atoms with Crippen molar-refractivity contribution in [3.05, 3.63) is 136 Å². The van der Waals surface area contributed by atoms with E-state index in [-0.39, 0.29) is 5.56 Å². The van der Waals surface area contributed by atoms with Crippen LogP contribution in [0.25, 0.3) is 55.7 Å². The van der Waals surface area contributed by atoms with Crippen LogP contribution in [0.3, 0.4) is 0 Å². The molecule has 16 nitrogen and oxygen atoms in total. The largest absolute Gasteiger partial charge is 0.369 e. The smallest absolute Gasteiger partial charge is 0.277 e. The molecule has 2 aliphatic rings. The predicted molar refractivity (Wildman–Crippen MR) is 238 cm³/mol.